The second kappa shape index (κ2) is 5.92. The Morgan fingerprint density at radius 3 is 1.04 bits per heavy atom. The molecule has 0 radical (unpaired) electrons. The highest BCUT2D eigenvalue weighted by Gasteiger charge is 2.28. The zero-order valence-corrected chi connectivity index (χ0v) is 13.4. The minimum atomic E-state index is -0.223. The summed E-state index contributed by atoms with van der Waals surface area (Å²) < 4.78 is 0. The van der Waals surface area contributed by atoms with E-state index in [0.717, 1.165) is 38.5 Å². The molecule has 0 unspecified atom stereocenters. The molecule has 126 valence electrons. The highest BCUT2D eigenvalue weighted by Crippen LogP contribution is 2.23. The third-order valence-electron chi connectivity index (χ3n) is 4.46. The molecule has 4 rings (SSSR count). The number of benzene rings is 1. The van der Waals surface area contributed by atoms with Crippen LogP contribution >= 0.6 is 0 Å². The summed E-state index contributed by atoms with van der Waals surface area (Å²) in [7, 11) is 0. The van der Waals surface area contributed by atoms with E-state index in [1.54, 1.807) is 18.2 Å². The van der Waals surface area contributed by atoms with Crippen LogP contribution in [-0.2, 0) is 0 Å². The van der Waals surface area contributed by atoms with Crippen LogP contribution in [0.3, 0.4) is 0 Å². The summed E-state index contributed by atoms with van der Waals surface area (Å²) in [5, 5.41) is 8.72. The van der Waals surface area contributed by atoms with Crippen molar-refractivity contribution in [3.8, 4) is 0 Å². The number of hydrogen-bond acceptors (Lipinski definition) is 3. The Labute approximate surface area is 140 Å². The van der Waals surface area contributed by atoms with Gasteiger partial charge in [-0.25, -0.2) is 0 Å². The van der Waals surface area contributed by atoms with Crippen LogP contribution < -0.4 is 16.0 Å². The van der Waals surface area contributed by atoms with E-state index in [9.17, 15) is 14.4 Å². The van der Waals surface area contributed by atoms with Crippen LogP contribution in [0.15, 0.2) is 18.2 Å². The Hall–Kier alpha value is -2.37. The maximum atomic E-state index is 12.3. The maximum Gasteiger partial charge on any atom is 0.251 e. The molecular weight excluding hydrogens is 306 g/mol. The van der Waals surface area contributed by atoms with Crippen molar-refractivity contribution < 1.29 is 14.4 Å². The summed E-state index contributed by atoms with van der Waals surface area (Å²) >= 11 is 0. The molecule has 3 N–H and O–H groups in total. The first-order chi connectivity index (χ1) is 11.6. The van der Waals surface area contributed by atoms with Gasteiger partial charge in [-0.2, -0.15) is 0 Å². The number of carbonyl (C=O) groups is 3. The van der Waals surface area contributed by atoms with Crippen LogP contribution in [0, 0.1) is 0 Å². The van der Waals surface area contributed by atoms with Gasteiger partial charge in [0.1, 0.15) is 0 Å². The molecule has 0 saturated heterocycles. The van der Waals surface area contributed by atoms with Gasteiger partial charge >= 0.3 is 0 Å². The van der Waals surface area contributed by atoms with Crippen molar-refractivity contribution in [2.45, 2.75) is 56.7 Å². The Morgan fingerprint density at radius 2 is 0.833 bits per heavy atom. The molecule has 3 amide bonds. The van der Waals surface area contributed by atoms with Crippen molar-refractivity contribution in [2.75, 3.05) is 0 Å². The molecule has 3 fully saturated rings. The van der Waals surface area contributed by atoms with E-state index in [2.05, 4.69) is 16.0 Å². The van der Waals surface area contributed by atoms with Crippen LogP contribution in [0.5, 0.6) is 0 Å². The fraction of sp³-hybridized carbons (Fsp3) is 0.500. The predicted molar refractivity (Wildman–Crippen MR) is 87.9 cm³/mol. The van der Waals surface area contributed by atoms with Crippen molar-refractivity contribution in [3.63, 3.8) is 0 Å². The SMILES string of the molecule is O=C(NC1CC1)c1cc(C(=O)NC2CC2)cc(C(=O)NC2CC2)c1. The van der Waals surface area contributed by atoms with Crippen molar-refractivity contribution in [1.82, 2.24) is 16.0 Å². The molecule has 24 heavy (non-hydrogen) atoms. The van der Waals surface area contributed by atoms with Crippen LogP contribution in [-0.4, -0.2) is 35.8 Å². The van der Waals surface area contributed by atoms with Gasteiger partial charge in [0.2, 0.25) is 0 Å². The molecule has 6 heteroatoms. The summed E-state index contributed by atoms with van der Waals surface area (Å²) in [5.74, 6) is -0.669. The summed E-state index contributed by atoms with van der Waals surface area (Å²) in [6.07, 6.45) is 5.93. The van der Waals surface area contributed by atoms with Gasteiger partial charge in [-0.05, 0) is 56.7 Å². The average molecular weight is 327 g/mol. The van der Waals surface area contributed by atoms with Gasteiger partial charge in [-0.3, -0.25) is 14.4 Å². The maximum absolute atomic E-state index is 12.3. The molecule has 0 aromatic heterocycles. The highest BCUT2D eigenvalue weighted by atomic mass is 16.2. The van der Waals surface area contributed by atoms with E-state index >= 15 is 0 Å². The molecule has 6 nitrogen and oxygen atoms in total. The van der Waals surface area contributed by atoms with Crippen LogP contribution in [0.1, 0.15) is 69.6 Å². The minimum Gasteiger partial charge on any atom is -0.349 e. The Morgan fingerprint density at radius 1 is 0.583 bits per heavy atom. The number of hydrogen-bond donors (Lipinski definition) is 3. The minimum absolute atomic E-state index is 0.223. The number of nitrogens with one attached hydrogen (secondary N) is 3. The molecule has 3 saturated carbocycles. The summed E-state index contributed by atoms with van der Waals surface area (Å²) in [5.41, 5.74) is 1.10. The normalized spacial score (nSPS) is 19.5. The van der Waals surface area contributed by atoms with E-state index < -0.39 is 0 Å². The Bertz CT molecular complexity index is 596. The largest absolute Gasteiger partial charge is 0.349 e. The van der Waals surface area contributed by atoms with Crippen molar-refractivity contribution in [3.05, 3.63) is 34.9 Å². The van der Waals surface area contributed by atoms with Crippen LogP contribution in [0.2, 0.25) is 0 Å². The quantitative estimate of drug-likeness (QED) is 0.737. The topological polar surface area (TPSA) is 87.3 Å². The third kappa shape index (κ3) is 3.75. The summed E-state index contributed by atoms with van der Waals surface area (Å²) in [6.45, 7) is 0. The number of rotatable bonds is 6. The number of carbonyl (C=O) groups excluding carboxylic acids is 3. The van der Waals surface area contributed by atoms with Crippen LogP contribution in [0.25, 0.3) is 0 Å². The molecule has 0 atom stereocenters. The van der Waals surface area contributed by atoms with Gasteiger partial charge in [0, 0.05) is 34.8 Å². The van der Waals surface area contributed by atoms with E-state index in [0.29, 0.717) is 16.7 Å². The van der Waals surface area contributed by atoms with E-state index in [1.807, 2.05) is 0 Å². The van der Waals surface area contributed by atoms with Gasteiger partial charge < -0.3 is 16.0 Å². The van der Waals surface area contributed by atoms with E-state index in [4.69, 9.17) is 0 Å². The lowest BCUT2D eigenvalue weighted by atomic mass is 10.0. The molecule has 0 bridgehead atoms. The van der Waals surface area contributed by atoms with E-state index in [1.165, 1.54) is 0 Å². The molecule has 3 aliphatic carbocycles. The molecule has 1 aromatic carbocycles. The fourth-order valence-corrected chi connectivity index (χ4v) is 2.51. The first-order valence-electron chi connectivity index (χ1n) is 8.66. The molecule has 1 aromatic rings. The van der Waals surface area contributed by atoms with Gasteiger partial charge in [0.15, 0.2) is 0 Å². The van der Waals surface area contributed by atoms with Crippen molar-refractivity contribution >= 4 is 17.7 Å². The molecule has 0 aliphatic heterocycles. The average Bonchev–Trinajstić information content (AvgIpc) is 3.39. The standard InChI is InChI=1S/C18H21N3O3/c22-16(19-13-1-2-13)10-7-11(17(23)20-14-3-4-14)9-12(8-10)18(24)21-15-5-6-15/h7-9,13-15H,1-6H2,(H,19,22)(H,20,23)(H,21,24). The fourth-order valence-electron chi connectivity index (χ4n) is 2.51. The molecule has 0 heterocycles. The lowest BCUT2D eigenvalue weighted by molar-refractivity contribution is 0.0950. The third-order valence-corrected chi connectivity index (χ3v) is 4.46. The highest BCUT2D eigenvalue weighted by molar-refractivity contribution is 6.04. The molecule has 0 spiro atoms. The summed E-state index contributed by atoms with van der Waals surface area (Å²) in [6, 6.07) is 5.40. The van der Waals surface area contributed by atoms with Gasteiger partial charge in [-0.1, -0.05) is 0 Å². The zero-order chi connectivity index (χ0) is 16.7. The van der Waals surface area contributed by atoms with E-state index in [-0.39, 0.29) is 35.8 Å². The van der Waals surface area contributed by atoms with Gasteiger partial charge in [0.05, 0.1) is 0 Å². The van der Waals surface area contributed by atoms with Gasteiger partial charge in [-0.15, -0.1) is 0 Å². The molecule has 3 aliphatic rings. The molecular formula is C18H21N3O3. The lowest BCUT2D eigenvalue weighted by Gasteiger charge is -2.11. The Balaban J connectivity index is 1.58. The zero-order valence-electron chi connectivity index (χ0n) is 13.4. The smallest absolute Gasteiger partial charge is 0.251 e. The number of amides is 3. The Kier molecular flexibility index (Phi) is 3.75. The first-order valence-corrected chi connectivity index (χ1v) is 8.66. The van der Waals surface area contributed by atoms with Gasteiger partial charge in [0.25, 0.3) is 17.7 Å². The monoisotopic (exact) mass is 327 g/mol. The van der Waals surface area contributed by atoms with Crippen molar-refractivity contribution in [2.24, 2.45) is 0 Å². The second-order valence-electron chi connectivity index (χ2n) is 7.04. The lowest BCUT2D eigenvalue weighted by Crippen LogP contribution is -2.30. The summed E-state index contributed by atoms with van der Waals surface area (Å²) in [4.78, 5) is 37.0. The second-order valence-corrected chi connectivity index (χ2v) is 7.04. The first kappa shape index (κ1) is 15.2. The van der Waals surface area contributed by atoms with Crippen molar-refractivity contribution in [1.29, 1.82) is 0 Å². The predicted octanol–water partition coefficient (Wildman–Crippen LogP) is 1.36. The van der Waals surface area contributed by atoms with Crippen LogP contribution in [0.4, 0.5) is 0 Å².